The minimum atomic E-state index is -0.764. The second-order valence-electron chi connectivity index (χ2n) is 7.91. The van der Waals surface area contributed by atoms with Crippen molar-refractivity contribution < 1.29 is 14.7 Å². The maximum atomic E-state index is 12.4. The first-order valence-electron chi connectivity index (χ1n) is 9.88. The summed E-state index contributed by atoms with van der Waals surface area (Å²) in [6.45, 7) is 9.61. The van der Waals surface area contributed by atoms with E-state index in [2.05, 4.69) is 24.1 Å². The number of likely N-dealkylation sites (tertiary alicyclic amines) is 1. The Morgan fingerprint density at radius 3 is 2.44 bits per heavy atom. The number of carboxylic acid groups (broad SMARTS) is 1. The van der Waals surface area contributed by atoms with Crippen LogP contribution in [0, 0.1) is 11.8 Å². The number of piperidine rings is 1. The molecule has 0 aromatic rings. The summed E-state index contributed by atoms with van der Waals surface area (Å²) in [5.74, 6) is 0.614. The zero-order valence-electron chi connectivity index (χ0n) is 16.0. The molecule has 0 spiro atoms. The Morgan fingerprint density at radius 2 is 1.84 bits per heavy atom. The van der Waals surface area contributed by atoms with Crippen molar-refractivity contribution in [3.63, 3.8) is 0 Å². The molecular weight excluding hydrogens is 318 g/mol. The number of aliphatic carboxylic acids is 1. The van der Waals surface area contributed by atoms with Gasteiger partial charge in [-0.25, -0.2) is 0 Å². The van der Waals surface area contributed by atoms with Crippen LogP contribution in [-0.4, -0.2) is 71.6 Å². The Bertz CT molecular complexity index is 449. The van der Waals surface area contributed by atoms with Gasteiger partial charge in [-0.3, -0.25) is 19.4 Å². The van der Waals surface area contributed by atoms with E-state index < -0.39 is 5.97 Å². The van der Waals surface area contributed by atoms with Gasteiger partial charge in [0.1, 0.15) is 0 Å². The molecule has 144 valence electrons. The van der Waals surface area contributed by atoms with E-state index in [0.717, 1.165) is 38.9 Å². The Hall–Kier alpha value is -1.14. The minimum Gasteiger partial charge on any atom is -0.480 e. The van der Waals surface area contributed by atoms with Crippen LogP contribution >= 0.6 is 0 Å². The molecule has 6 nitrogen and oxygen atoms in total. The summed E-state index contributed by atoms with van der Waals surface area (Å²) >= 11 is 0. The number of nitrogens with zero attached hydrogens (tertiary/aromatic N) is 2. The number of carboxylic acids is 1. The first-order valence-corrected chi connectivity index (χ1v) is 9.88. The van der Waals surface area contributed by atoms with Crippen LogP contribution in [0.5, 0.6) is 0 Å². The summed E-state index contributed by atoms with van der Waals surface area (Å²) in [6, 6.07) is 0.638. The Balaban J connectivity index is 1.74. The molecule has 0 aromatic heterocycles. The number of amides is 1. The van der Waals surface area contributed by atoms with Crippen LogP contribution in [-0.2, 0) is 9.59 Å². The molecule has 2 rings (SSSR count). The van der Waals surface area contributed by atoms with Crippen molar-refractivity contribution in [2.24, 2.45) is 11.8 Å². The molecule has 1 saturated carbocycles. The quantitative estimate of drug-likeness (QED) is 0.730. The van der Waals surface area contributed by atoms with E-state index in [1.54, 1.807) is 0 Å². The van der Waals surface area contributed by atoms with Gasteiger partial charge in [0.2, 0.25) is 5.91 Å². The molecule has 1 aliphatic heterocycles. The Morgan fingerprint density at radius 1 is 1.16 bits per heavy atom. The highest BCUT2D eigenvalue weighted by molar-refractivity contribution is 5.78. The van der Waals surface area contributed by atoms with Crippen molar-refractivity contribution >= 4 is 11.9 Å². The number of carbonyl (C=O) groups excluding carboxylic acids is 1. The lowest BCUT2D eigenvalue weighted by atomic mass is 9.78. The monoisotopic (exact) mass is 353 g/mol. The van der Waals surface area contributed by atoms with Crippen LogP contribution in [0.1, 0.15) is 52.9 Å². The lowest BCUT2D eigenvalue weighted by molar-refractivity contribution is -0.139. The van der Waals surface area contributed by atoms with E-state index in [0.29, 0.717) is 30.5 Å². The van der Waals surface area contributed by atoms with Gasteiger partial charge in [0, 0.05) is 25.2 Å². The third-order valence-electron chi connectivity index (χ3n) is 6.24. The molecule has 25 heavy (non-hydrogen) atoms. The van der Waals surface area contributed by atoms with Crippen LogP contribution < -0.4 is 5.32 Å². The molecule has 6 heteroatoms. The van der Waals surface area contributed by atoms with Crippen LogP contribution in [0.15, 0.2) is 0 Å². The lowest BCUT2D eigenvalue weighted by Gasteiger charge is -2.38. The smallest absolute Gasteiger partial charge is 0.317 e. The van der Waals surface area contributed by atoms with Crippen molar-refractivity contribution in [3.05, 3.63) is 0 Å². The number of carbonyl (C=O) groups is 2. The molecule has 2 fully saturated rings. The number of rotatable bonds is 7. The Labute approximate surface area is 151 Å². The van der Waals surface area contributed by atoms with Crippen LogP contribution in [0.25, 0.3) is 0 Å². The molecule has 3 unspecified atom stereocenters. The lowest BCUT2D eigenvalue weighted by Crippen LogP contribution is -2.51. The predicted molar refractivity (Wildman–Crippen MR) is 98.5 cm³/mol. The minimum absolute atomic E-state index is 0.111. The molecule has 2 N–H and O–H groups in total. The van der Waals surface area contributed by atoms with E-state index in [9.17, 15) is 9.59 Å². The normalized spacial score (nSPS) is 28.9. The first-order chi connectivity index (χ1) is 11.9. The van der Waals surface area contributed by atoms with Gasteiger partial charge >= 0.3 is 5.97 Å². The van der Waals surface area contributed by atoms with Crippen LogP contribution in [0.3, 0.4) is 0 Å². The number of likely N-dealkylation sites (N-methyl/N-ethyl adjacent to an activating group) is 1. The van der Waals surface area contributed by atoms with E-state index in [1.165, 1.54) is 12.8 Å². The van der Waals surface area contributed by atoms with Gasteiger partial charge in [-0.2, -0.15) is 0 Å². The average molecular weight is 354 g/mol. The summed E-state index contributed by atoms with van der Waals surface area (Å²) < 4.78 is 0. The van der Waals surface area contributed by atoms with Gasteiger partial charge in [0.15, 0.2) is 0 Å². The number of nitrogens with one attached hydrogen (secondary N) is 1. The highest BCUT2D eigenvalue weighted by Gasteiger charge is 2.29. The number of hydrogen-bond acceptors (Lipinski definition) is 4. The fourth-order valence-corrected chi connectivity index (χ4v) is 4.36. The van der Waals surface area contributed by atoms with Crippen LogP contribution in [0.4, 0.5) is 0 Å². The fourth-order valence-electron chi connectivity index (χ4n) is 4.36. The summed E-state index contributed by atoms with van der Waals surface area (Å²) in [7, 11) is 0. The third-order valence-corrected chi connectivity index (χ3v) is 6.24. The SMILES string of the molecule is CCN(CC(=O)O)C1CCN(CC(=O)NC2CCCC(C)C2C)CC1. The van der Waals surface area contributed by atoms with E-state index in [4.69, 9.17) is 5.11 Å². The van der Waals surface area contributed by atoms with E-state index in [1.807, 2.05) is 11.8 Å². The molecule has 0 bridgehead atoms. The highest BCUT2D eigenvalue weighted by atomic mass is 16.4. The molecule has 1 saturated heterocycles. The molecule has 2 aliphatic rings. The number of hydrogen-bond donors (Lipinski definition) is 2. The van der Waals surface area contributed by atoms with Gasteiger partial charge in [-0.1, -0.05) is 33.6 Å². The first kappa shape index (κ1) is 20.2. The maximum absolute atomic E-state index is 12.4. The second kappa shape index (κ2) is 9.53. The maximum Gasteiger partial charge on any atom is 0.317 e. The topological polar surface area (TPSA) is 72.9 Å². The zero-order chi connectivity index (χ0) is 18.4. The van der Waals surface area contributed by atoms with Gasteiger partial charge < -0.3 is 10.4 Å². The average Bonchev–Trinajstić information content (AvgIpc) is 2.57. The van der Waals surface area contributed by atoms with Gasteiger partial charge in [0.25, 0.3) is 0 Å². The van der Waals surface area contributed by atoms with Crippen molar-refractivity contribution in [1.29, 1.82) is 0 Å². The summed E-state index contributed by atoms with van der Waals surface area (Å²) in [4.78, 5) is 27.6. The van der Waals surface area contributed by atoms with E-state index in [-0.39, 0.29) is 12.5 Å². The highest BCUT2D eigenvalue weighted by Crippen LogP contribution is 2.29. The van der Waals surface area contributed by atoms with Gasteiger partial charge in [-0.05, 0) is 37.6 Å². The van der Waals surface area contributed by atoms with Gasteiger partial charge in [0.05, 0.1) is 13.1 Å². The van der Waals surface area contributed by atoms with Crippen molar-refractivity contribution in [2.45, 2.75) is 65.0 Å². The largest absolute Gasteiger partial charge is 0.480 e. The molecule has 1 heterocycles. The summed E-state index contributed by atoms with van der Waals surface area (Å²) in [6.07, 6.45) is 5.44. The summed E-state index contributed by atoms with van der Waals surface area (Å²) in [5.41, 5.74) is 0. The molecule has 1 amide bonds. The molecule has 0 radical (unpaired) electrons. The third kappa shape index (κ3) is 5.96. The Kier molecular flexibility index (Phi) is 7.69. The van der Waals surface area contributed by atoms with Crippen molar-refractivity contribution in [2.75, 3.05) is 32.7 Å². The van der Waals surface area contributed by atoms with E-state index >= 15 is 0 Å². The van der Waals surface area contributed by atoms with Crippen LogP contribution in [0.2, 0.25) is 0 Å². The molecule has 1 aliphatic carbocycles. The zero-order valence-corrected chi connectivity index (χ0v) is 16.0. The molecule has 3 atom stereocenters. The second-order valence-corrected chi connectivity index (χ2v) is 7.91. The molecular formula is C19H35N3O3. The molecule has 0 aromatic carbocycles. The van der Waals surface area contributed by atoms with Crippen molar-refractivity contribution in [1.82, 2.24) is 15.1 Å². The summed E-state index contributed by atoms with van der Waals surface area (Å²) in [5, 5.41) is 12.3. The van der Waals surface area contributed by atoms with Gasteiger partial charge in [-0.15, -0.1) is 0 Å². The standard InChI is InChI=1S/C19H35N3O3/c1-4-22(13-19(24)25)16-8-10-21(11-9-16)12-18(23)20-17-7-5-6-14(2)15(17)3/h14-17H,4-13H2,1-3H3,(H,20,23)(H,24,25). The fraction of sp³-hybridized carbons (Fsp3) is 0.895. The predicted octanol–water partition coefficient (Wildman–Crippen LogP) is 1.80. The van der Waals surface area contributed by atoms with Crippen molar-refractivity contribution in [3.8, 4) is 0 Å².